The molecular weight excluding hydrogens is 156 g/mol. The van der Waals surface area contributed by atoms with Gasteiger partial charge >= 0.3 is 0 Å². The van der Waals surface area contributed by atoms with E-state index in [1.165, 1.54) is 12.2 Å². The van der Waals surface area contributed by atoms with Crippen molar-refractivity contribution in [2.75, 3.05) is 14.2 Å². The Kier molecular flexibility index (Phi) is 5.66. The van der Waals surface area contributed by atoms with E-state index >= 15 is 0 Å². The Morgan fingerprint density at radius 2 is 2.25 bits per heavy atom. The second-order valence-electron chi connectivity index (χ2n) is 2.77. The number of unbranched alkanes of at least 4 members (excludes halogenated alkanes) is 1. The monoisotopic (exact) mass is 174 g/mol. The molecule has 0 heterocycles. The molecule has 12 heavy (non-hydrogen) atoms. The zero-order valence-electron chi connectivity index (χ0n) is 8.04. The van der Waals surface area contributed by atoms with Crippen molar-refractivity contribution in [1.82, 2.24) is 5.06 Å². The number of hydrogen-bond donors (Lipinski definition) is 1. The van der Waals surface area contributed by atoms with Crippen LogP contribution in [0.2, 0.25) is 0 Å². The van der Waals surface area contributed by atoms with Crippen LogP contribution in [0.5, 0.6) is 0 Å². The van der Waals surface area contributed by atoms with E-state index in [1.807, 2.05) is 0 Å². The van der Waals surface area contributed by atoms with E-state index < -0.39 is 6.04 Å². The van der Waals surface area contributed by atoms with E-state index in [-0.39, 0.29) is 5.91 Å². The third-order valence-corrected chi connectivity index (χ3v) is 1.77. The lowest BCUT2D eigenvalue weighted by Crippen LogP contribution is -2.41. The average Bonchev–Trinajstić information content (AvgIpc) is 2.11. The van der Waals surface area contributed by atoms with Gasteiger partial charge in [-0.25, -0.2) is 5.06 Å². The normalized spacial score (nSPS) is 12.7. The highest BCUT2D eigenvalue weighted by atomic mass is 16.7. The molecular formula is C8H18N2O2. The smallest absolute Gasteiger partial charge is 0.262 e. The number of amides is 1. The molecule has 0 aliphatic rings. The predicted molar refractivity (Wildman–Crippen MR) is 47.3 cm³/mol. The molecule has 0 radical (unpaired) electrons. The Labute approximate surface area is 73.6 Å². The molecule has 0 saturated heterocycles. The van der Waals surface area contributed by atoms with Crippen molar-refractivity contribution >= 4 is 5.91 Å². The maximum absolute atomic E-state index is 11.3. The zero-order valence-corrected chi connectivity index (χ0v) is 8.04. The number of carbonyl (C=O) groups excluding carboxylic acids is 1. The molecule has 72 valence electrons. The summed E-state index contributed by atoms with van der Waals surface area (Å²) < 4.78 is 0. The molecule has 1 amide bonds. The van der Waals surface area contributed by atoms with Gasteiger partial charge in [0.15, 0.2) is 0 Å². The van der Waals surface area contributed by atoms with Crippen LogP contribution in [0.3, 0.4) is 0 Å². The largest absolute Gasteiger partial charge is 0.320 e. The van der Waals surface area contributed by atoms with Gasteiger partial charge in [-0.3, -0.25) is 9.63 Å². The van der Waals surface area contributed by atoms with Crippen molar-refractivity contribution in [2.24, 2.45) is 5.73 Å². The van der Waals surface area contributed by atoms with E-state index in [9.17, 15) is 4.79 Å². The van der Waals surface area contributed by atoms with E-state index in [4.69, 9.17) is 10.6 Å². The van der Waals surface area contributed by atoms with Crippen LogP contribution in [0.1, 0.15) is 26.2 Å². The fourth-order valence-electron chi connectivity index (χ4n) is 0.871. The Bertz CT molecular complexity index is 139. The summed E-state index contributed by atoms with van der Waals surface area (Å²) in [6.45, 7) is 2.07. The molecule has 0 rings (SSSR count). The van der Waals surface area contributed by atoms with Crippen LogP contribution in [0.25, 0.3) is 0 Å². The van der Waals surface area contributed by atoms with Gasteiger partial charge in [0.05, 0.1) is 13.2 Å². The lowest BCUT2D eigenvalue weighted by Gasteiger charge is -2.18. The summed E-state index contributed by atoms with van der Waals surface area (Å²) in [5.74, 6) is -0.161. The fraction of sp³-hybridized carbons (Fsp3) is 0.875. The summed E-state index contributed by atoms with van der Waals surface area (Å²) in [6.07, 6.45) is 2.76. The van der Waals surface area contributed by atoms with Crippen LogP contribution in [0.15, 0.2) is 0 Å². The first-order valence-electron chi connectivity index (χ1n) is 4.20. The molecule has 2 N–H and O–H groups in total. The highest BCUT2D eigenvalue weighted by Crippen LogP contribution is 2.00. The number of nitrogens with two attached hydrogens (primary N) is 1. The lowest BCUT2D eigenvalue weighted by molar-refractivity contribution is -0.170. The minimum Gasteiger partial charge on any atom is -0.320 e. The zero-order chi connectivity index (χ0) is 9.56. The first-order chi connectivity index (χ1) is 5.63. The molecule has 0 spiro atoms. The van der Waals surface area contributed by atoms with Gasteiger partial charge < -0.3 is 5.73 Å². The van der Waals surface area contributed by atoms with Crippen molar-refractivity contribution in [3.63, 3.8) is 0 Å². The van der Waals surface area contributed by atoms with Crippen LogP contribution >= 0.6 is 0 Å². The quantitative estimate of drug-likeness (QED) is 0.618. The summed E-state index contributed by atoms with van der Waals surface area (Å²) in [5.41, 5.74) is 5.61. The summed E-state index contributed by atoms with van der Waals surface area (Å²) >= 11 is 0. The second-order valence-corrected chi connectivity index (χ2v) is 2.77. The lowest BCUT2D eigenvalue weighted by atomic mass is 10.1. The van der Waals surface area contributed by atoms with Crippen molar-refractivity contribution in [3.05, 3.63) is 0 Å². The van der Waals surface area contributed by atoms with Gasteiger partial charge in [-0.1, -0.05) is 19.8 Å². The molecule has 0 fully saturated rings. The van der Waals surface area contributed by atoms with Gasteiger partial charge in [-0.2, -0.15) is 0 Å². The summed E-state index contributed by atoms with van der Waals surface area (Å²) in [7, 11) is 3.01. The topological polar surface area (TPSA) is 55.6 Å². The first kappa shape index (κ1) is 11.4. The van der Waals surface area contributed by atoms with Gasteiger partial charge in [0.25, 0.3) is 5.91 Å². The van der Waals surface area contributed by atoms with E-state index in [2.05, 4.69) is 6.92 Å². The molecule has 4 nitrogen and oxygen atoms in total. The van der Waals surface area contributed by atoms with Crippen molar-refractivity contribution < 1.29 is 9.63 Å². The van der Waals surface area contributed by atoms with Gasteiger partial charge in [-0.15, -0.1) is 0 Å². The van der Waals surface area contributed by atoms with Gasteiger partial charge in [-0.05, 0) is 6.42 Å². The maximum Gasteiger partial charge on any atom is 0.262 e. The van der Waals surface area contributed by atoms with Gasteiger partial charge in [0.2, 0.25) is 0 Å². The number of carbonyl (C=O) groups is 1. The maximum atomic E-state index is 11.3. The van der Waals surface area contributed by atoms with Crippen LogP contribution < -0.4 is 5.73 Å². The molecule has 0 aromatic rings. The van der Waals surface area contributed by atoms with E-state index in [1.54, 1.807) is 7.05 Å². The molecule has 4 heteroatoms. The Hall–Kier alpha value is -0.610. The fourth-order valence-corrected chi connectivity index (χ4v) is 0.871. The summed E-state index contributed by atoms with van der Waals surface area (Å²) in [6, 6.07) is -0.421. The Morgan fingerprint density at radius 1 is 1.67 bits per heavy atom. The third-order valence-electron chi connectivity index (χ3n) is 1.77. The number of likely N-dealkylation sites (N-methyl/N-ethyl adjacent to an activating group) is 1. The molecule has 0 aliphatic carbocycles. The van der Waals surface area contributed by atoms with Crippen LogP contribution in [-0.2, 0) is 9.63 Å². The van der Waals surface area contributed by atoms with Crippen molar-refractivity contribution in [3.8, 4) is 0 Å². The Morgan fingerprint density at radius 3 is 2.67 bits per heavy atom. The van der Waals surface area contributed by atoms with Gasteiger partial charge in [0.1, 0.15) is 0 Å². The molecule has 0 unspecified atom stereocenters. The summed E-state index contributed by atoms with van der Waals surface area (Å²) in [5, 5.41) is 1.17. The number of nitrogens with zero attached hydrogens (tertiary/aromatic N) is 1. The summed E-state index contributed by atoms with van der Waals surface area (Å²) in [4.78, 5) is 16.0. The molecule has 0 aliphatic heterocycles. The van der Waals surface area contributed by atoms with Crippen molar-refractivity contribution in [1.29, 1.82) is 0 Å². The highest BCUT2D eigenvalue weighted by molar-refractivity contribution is 5.80. The van der Waals surface area contributed by atoms with Crippen molar-refractivity contribution in [2.45, 2.75) is 32.2 Å². The molecule has 1 atom stereocenters. The second kappa shape index (κ2) is 5.97. The highest BCUT2D eigenvalue weighted by Gasteiger charge is 2.16. The predicted octanol–water partition coefficient (Wildman–Crippen LogP) is 0.524. The van der Waals surface area contributed by atoms with E-state index in [0.29, 0.717) is 0 Å². The molecule has 0 bridgehead atoms. The first-order valence-corrected chi connectivity index (χ1v) is 4.20. The van der Waals surface area contributed by atoms with Crippen LogP contribution in [0, 0.1) is 0 Å². The van der Waals surface area contributed by atoms with Crippen LogP contribution in [0.4, 0.5) is 0 Å². The SMILES string of the molecule is CCCC[C@H](N)C(=O)N(C)OC. The number of rotatable bonds is 5. The molecule has 0 saturated carbocycles. The number of hydroxylamine groups is 2. The number of hydrogen-bond acceptors (Lipinski definition) is 3. The Balaban J connectivity index is 3.75. The van der Waals surface area contributed by atoms with Crippen LogP contribution in [-0.4, -0.2) is 31.2 Å². The molecule has 0 aromatic carbocycles. The molecule has 0 aromatic heterocycles. The third kappa shape index (κ3) is 3.69. The standard InChI is InChI=1S/C8H18N2O2/c1-4-5-6-7(9)8(11)10(2)12-3/h7H,4-6,9H2,1-3H3/t7-/m0/s1. The minimum absolute atomic E-state index is 0.161. The van der Waals surface area contributed by atoms with Gasteiger partial charge in [0, 0.05) is 7.05 Å². The van der Waals surface area contributed by atoms with E-state index in [0.717, 1.165) is 19.3 Å². The average molecular weight is 174 g/mol. The minimum atomic E-state index is -0.421.